The molecule has 6 rings (SSSR count). The largest absolute Gasteiger partial charge is 0.344 e. The van der Waals surface area contributed by atoms with E-state index in [0.29, 0.717) is 28.8 Å². The normalized spacial score (nSPS) is 13.8. The van der Waals surface area contributed by atoms with Crippen LogP contribution in [0, 0.1) is 12.3 Å². The zero-order valence-corrected chi connectivity index (χ0v) is 24.4. The fourth-order valence-electron chi connectivity index (χ4n) is 5.87. The number of carbonyl (C=O) groups excluding carboxylic acids is 1. The summed E-state index contributed by atoms with van der Waals surface area (Å²) >= 11 is 0. The molecule has 3 N–H and O–H groups in total. The Morgan fingerprint density at radius 2 is 1.84 bits per heavy atom. The van der Waals surface area contributed by atoms with Gasteiger partial charge in [0, 0.05) is 30.7 Å². The van der Waals surface area contributed by atoms with Crippen molar-refractivity contribution in [2.24, 2.45) is 0 Å². The summed E-state index contributed by atoms with van der Waals surface area (Å²) in [5, 5.41) is 8.61. The first-order valence-corrected chi connectivity index (χ1v) is 15.3. The van der Waals surface area contributed by atoms with E-state index in [2.05, 4.69) is 30.8 Å². The molecule has 3 aromatic heterocycles. The lowest BCUT2D eigenvalue weighted by Crippen LogP contribution is -2.34. The third kappa shape index (κ3) is 4.92. The first-order chi connectivity index (χ1) is 20.7. The van der Waals surface area contributed by atoms with Crippen molar-refractivity contribution in [2.45, 2.75) is 38.6 Å². The van der Waals surface area contributed by atoms with Crippen LogP contribution in [0.5, 0.6) is 0 Å². The molecule has 2 aromatic carbocycles. The van der Waals surface area contributed by atoms with Crippen molar-refractivity contribution in [3.63, 3.8) is 0 Å². The van der Waals surface area contributed by atoms with Crippen LogP contribution >= 0.6 is 0 Å². The molecule has 1 amide bonds. The molecule has 0 unspecified atom stereocenters. The number of aromatic nitrogens is 4. The second-order valence-corrected chi connectivity index (χ2v) is 11.9. The zero-order chi connectivity index (χ0) is 30.3. The van der Waals surface area contributed by atoms with Crippen LogP contribution < -0.4 is 20.3 Å². The Hall–Kier alpha value is -4.99. The van der Waals surface area contributed by atoms with E-state index in [9.17, 15) is 18.0 Å². The van der Waals surface area contributed by atoms with Gasteiger partial charge in [0.15, 0.2) is 11.5 Å². The smallest absolute Gasteiger partial charge is 0.300 e. The number of carbonyl (C=O) groups is 1. The molecule has 11 nitrogen and oxygen atoms in total. The number of rotatable bonds is 7. The first kappa shape index (κ1) is 28.1. The van der Waals surface area contributed by atoms with Gasteiger partial charge in [-0.15, -0.1) is 11.5 Å². The van der Waals surface area contributed by atoms with E-state index >= 15 is 0 Å². The summed E-state index contributed by atoms with van der Waals surface area (Å²) in [7, 11) is -2.75. The standard InChI is InChI=1S/C31H29N7O4S/c1-4-20-15-16-21-11-8-9-14-23-24(21)25(20)31(40)38(22-12-6-5-7-13-22)27(23)19(2)34-30(39)26-28(36-43(41,42)32-3)35-37-18-10-17-33-29(26)37/h1,5-7,10,12-13,15-19,32H,8-9,11,14H2,2-3H3,(H,34,39)(H,35,36)/t19-/m0/s1. The summed E-state index contributed by atoms with van der Waals surface area (Å²) in [5.41, 5.74) is 3.65. The van der Waals surface area contributed by atoms with E-state index in [4.69, 9.17) is 6.42 Å². The maximum absolute atomic E-state index is 14.4. The monoisotopic (exact) mass is 595 g/mol. The lowest BCUT2D eigenvalue weighted by Gasteiger charge is -2.25. The molecule has 0 aliphatic heterocycles. The van der Waals surface area contributed by atoms with Crippen LogP contribution in [0.25, 0.3) is 22.1 Å². The van der Waals surface area contributed by atoms with Gasteiger partial charge in [-0.05, 0) is 73.4 Å². The molecule has 1 aliphatic carbocycles. The van der Waals surface area contributed by atoms with Gasteiger partial charge in [0.25, 0.3) is 21.7 Å². The van der Waals surface area contributed by atoms with Crippen molar-refractivity contribution in [1.29, 1.82) is 0 Å². The minimum atomic E-state index is -3.99. The number of hydrogen-bond donors (Lipinski definition) is 3. The molecule has 1 atom stereocenters. The van der Waals surface area contributed by atoms with E-state index in [1.54, 1.807) is 23.8 Å². The number of terminal acetylenes is 1. The van der Waals surface area contributed by atoms with Gasteiger partial charge < -0.3 is 5.32 Å². The SMILES string of the molecule is C#Cc1ccc2c3c(c([C@H](C)NC(=O)c4c(NS(=O)(=O)NC)nn5cccnc45)n(-c4ccccc4)c(=O)c13)CCCC2. The number of benzene rings is 2. The van der Waals surface area contributed by atoms with Gasteiger partial charge in [0.2, 0.25) is 0 Å². The zero-order valence-electron chi connectivity index (χ0n) is 23.6. The molecule has 1 aliphatic rings. The Bertz CT molecular complexity index is 2110. The van der Waals surface area contributed by atoms with Crippen molar-refractivity contribution >= 4 is 38.4 Å². The molecule has 12 heteroatoms. The van der Waals surface area contributed by atoms with Crippen molar-refractivity contribution in [1.82, 2.24) is 29.2 Å². The van der Waals surface area contributed by atoms with Crippen LogP contribution in [0.1, 0.15) is 58.5 Å². The number of amides is 1. The van der Waals surface area contributed by atoms with E-state index in [1.165, 1.54) is 17.8 Å². The predicted molar refractivity (Wildman–Crippen MR) is 165 cm³/mol. The Balaban J connectivity index is 1.56. The van der Waals surface area contributed by atoms with Crippen molar-refractivity contribution in [3.05, 3.63) is 99.2 Å². The average molecular weight is 596 g/mol. The van der Waals surface area contributed by atoms with E-state index in [1.807, 2.05) is 42.5 Å². The summed E-state index contributed by atoms with van der Waals surface area (Å²) in [4.78, 5) is 32.6. The van der Waals surface area contributed by atoms with Gasteiger partial charge in [0.1, 0.15) is 5.56 Å². The topological polar surface area (TPSA) is 139 Å². The van der Waals surface area contributed by atoms with Crippen LogP contribution in [-0.4, -0.2) is 40.5 Å². The third-order valence-electron chi connectivity index (χ3n) is 7.73. The van der Waals surface area contributed by atoms with Crippen LogP contribution in [0.3, 0.4) is 0 Å². The molecule has 0 saturated carbocycles. The van der Waals surface area contributed by atoms with Crippen LogP contribution in [0.4, 0.5) is 5.82 Å². The van der Waals surface area contributed by atoms with Gasteiger partial charge in [-0.25, -0.2) is 14.2 Å². The van der Waals surface area contributed by atoms with Crippen molar-refractivity contribution in [3.8, 4) is 18.0 Å². The van der Waals surface area contributed by atoms with Gasteiger partial charge in [-0.1, -0.05) is 30.2 Å². The van der Waals surface area contributed by atoms with Gasteiger partial charge in [-0.2, -0.15) is 8.42 Å². The van der Waals surface area contributed by atoms with Crippen LogP contribution in [0.15, 0.2) is 65.7 Å². The number of pyridine rings is 1. The second-order valence-electron chi connectivity index (χ2n) is 10.3. The highest BCUT2D eigenvalue weighted by molar-refractivity contribution is 7.90. The summed E-state index contributed by atoms with van der Waals surface area (Å²) in [5.74, 6) is 1.90. The van der Waals surface area contributed by atoms with Crippen molar-refractivity contribution < 1.29 is 13.2 Å². The summed E-state index contributed by atoms with van der Waals surface area (Å²) < 4.78 is 32.1. The number of anilines is 1. The lowest BCUT2D eigenvalue weighted by atomic mass is 9.92. The summed E-state index contributed by atoms with van der Waals surface area (Å²) in [6, 6.07) is 14.0. The molecule has 0 bridgehead atoms. The first-order valence-electron chi connectivity index (χ1n) is 13.8. The quantitative estimate of drug-likeness (QED) is 0.247. The lowest BCUT2D eigenvalue weighted by molar-refractivity contribution is 0.0941. The molecule has 5 aromatic rings. The van der Waals surface area contributed by atoms with E-state index < -0.39 is 22.2 Å². The summed E-state index contributed by atoms with van der Waals surface area (Å²) in [6.45, 7) is 1.81. The Morgan fingerprint density at radius 1 is 1.07 bits per heavy atom. The molecule has 0 saturated heterocycles. The molecule has 0 spiro atoms. The third-order valence-corrected chi connectivity index (χ3v) is 8.73. The maximum atomic E-state index is 14.4. The predicted octanol–water partition coefficient (Wildman–Crippen LogP) is 3.26. The Morgan fingerprint density at radius 3 is 2.58 bits per heavy atom. The maximum Gasteiger partial charge on any atom is 0.300 e. The minimum Gasteiger partial charge on any atom is -0.344 e. The number of aryl methyl sites for hydroxylation is 2. The highest BCUT2D eigenvalue weighted by atomic mass is 32.2. The fraction of sp³-hybridized carbons (Fsp3) is 0.226. The van der Waals surface area contributed by atoms with Crippen LogP contribution in [0.2, 0.25) is 0 Å². The molecule has 218 valence electrons. The number of hydrogen-bond acceptors (Lipinski definition) is 6. The average Bonchev–Trinajstić information content (AvgIpc) is 3.23. The molecule has 43 heavy (non-hydrogen) atoms. The Kier molecular flexibility index (Phi) is 7.21. The minimum absolute atomic E-state index is 0.0538. The van der Waals surface area contributed by atoms with Crippen LogP contribution in [-0.2, 0) is 23.1 Å². The number of para-hydroxylation sites is 1. The molecule has 3 heterocycles. The molecule has 0 fully saturated rings. The fourth-order valence-corrected chi connectivity index (χ4v) is 6.37. The van der Waals surface area contributed by atoms with Crippen molar-refractivity contribution in [2.75, 3.05) is 11.8 Å². The highest BCUT2D eigenvalue weighted by Gasteiger charge is 2.29. The molecular formula is C31H29N7O4S. The molecular weight excluding hydrogens is 566 g/mol. The van der Waals surface area contributed by atoms with Gasteiger partial charge in [0.05, 0.1) is 17.1 Å². The number of nitrogens with one attached hydrogen (secondary N) is 3. The number of nitrogens with zero attached hydrogens (tertiary/aromatic N) is 4. The highest BCUT2D eigenvalue weighted by Crippen LogP contribution is 2.35. The molecule has 0 radical (unpaired) electrons. The van der Waals surface area contributed by atoms with E-state index in [0.717, 1.165) is 35.8 Å². The van der Waals surface area contributed by atoms with E-state index in [-0.39, 0.29) is 22.6 Å². The summed E-state index contributed by atoms with van der Waals surface area (Å²) in [6.07, 6.45) is 12.3. The second kappa shape index (κ2) is 11.0. The van der Waals surface area contributed by atoms with Gasteiger partial charge in [-0.3, -0.25) is 18.9 Å². The van der Waals surface area contributed by atoms with Gasteiger partial charge >= 0.3 is 0 Å². The number of fused-ring (bicyclic) bond motifs is 1. The Labute approximate surface area is 248 Å².